The largest absolute Gasteiger partial charge is 0.382 e. The minimum Gasteiger partial charge on any atom is -0.382 e. The van der Waals surface area contributed by atoms with E-state index in [-0.39, 0.29) is 11.9 Å². The van der Waals surface area contributed by atoms with Crippen LogP contribution in [0.3, 0.4) is 0 Å². The van der Waals surface area contributed by atoms with E-state index in [0.717, 1.165) is 43.6 Å². The summed E-state index contributed by atoms with van der Waals surface area (Å²) in [5.74, 6) is -0.0109. The summed E-state index contributed by atoms with van der Waals surface area (Å²) in [7, 11) is -1.54. The summed E-state index contributed by atoms with van der Waals surface area (Å²) in [6.07, 6.45) is 4.26. The number of likely N-dealkylation sites (tertiary alicyclic amines) is 1. The molecule has 7 nitrogen and oxygen atoms in total. The third-order valence-corrected chi connectivity index (χ3v) is 7.72. The maximum absolute atomic E-state index is 13.6. The van der Waals surface area contributed by atoms with Crippen LogP contribution in [0.1, 0.15) is 44.6 Å². The van der Waals surface area contributed by atoms with E-state index in [0.29, 0.717) is 43.9 Å². The van der Waals surface area contributed by atoms with Crippen molar-refractivity contribution >= 4 is 21.6 Å². The molecule has 1 fully saturated rings. The van der Waals surface area contributed by atoms with Gasteiger partial charge in [0.2, 0.25) is 15.9 Å². The highest BCUT2D eigenvalue weighted by atomic mass is 32.2. The molecule has 0 radical (unpaired) electrons. The summed E-state index contributed by atoms with van der Waals surface area (Å²) in [6.45, 7) is 5.41. The highest BCUT2D eigenvalue weighted by molar-refractivity contribution is 7.89. The zero-order valence-corrected chi connectivity index (χ0v) is 18.3. The molecular formula is C21H33N3O4S. The predicted octanol–water partition coefficient (Wildman–Crippen LogP) is 2.47. The van der Waals surface area contributed by atoms with Gasteiger partial charge in [0.05, 0.1) is 4.90 Å². The van der Waals surface area contributed by atoms with Gasteiger partial charge in [-0.15, -0.1) is 0 Å². The minimum atomic E-state index is -3.62. The van der Waals surface area contributed by atoms with Crippen molar-refractivity contribution in [2.45, 2.75) is 56.4 Å². The number of ether oxygens (including phenoxy) is 1. The second-order valence-corrected chi connectivity index (χ2v) is 9.81. The fourth-order valence-corrected chi connectivity index (χ4v) is 5.87. The average molecular weight is 424 g/mol. The number of benzene rings is 1. The number of hydrogen-bond acceptors (Lipinski definition) is 5. The van der Waals surface area contributed by atoms with Crippen molar-refractivity contribution in [2.75, 3.05) is 45.2 Å². The third-order valence-electron chi connectivity index (χ3n) is 5.77. The molecule has 162 valence electrons. The number of carbonyl (C=O) groups excluding carboxylic acids is 1. The Balaban J connectivity index is 1.85. The molecule has 8 heteroatoms. The third kappa shape index (κ3) is 5.57. The van der Waals surface area contributed by atoms with E-state index in [1.54, 1.807) is 22.5 Å². The van der Waals surface area contributed by atoms with Crippen molar-refractivity contribution in [3.05, 3.63) is 23.8 Å². The van der Waals surface area contributed by atoms with Crippen LogP contribution in [-0.2, 0) is 26.0 Å². The van der Waals surface area contributed by atoms with Gasteiger partial charge >= 0.3 is 0 Å². The fraction of sp³-hybridized carbons (Fsp3) is 0.667. The van der Waals surface area contributed by atoms with E-state index in [2.05, 4.69) is 17.3 Å². The van der Waals surface area contributed by atoms with Gasteiger partial charge in [-0.05, 0) is 82.9 Å². The van der Waals surface area contributed by atoms with Crippen molar-refractivity contribution in [3.63, 3.8) is 0 Å². The molecule has 0 spiro atoms. The predicted molar refractivity (Wildman–Crippen MR) is 114 cm³/mol. The van der Waals surface area contributed by atoms with Gasteiger partial charge in [0.1, 0.15) is 0 Å². The van der Waals surface area contributed by atoms with E-state index < -0.39 is 10.0 Å². The smallest absolute Gasteiger partial charge is 0.243 e. The quantitative estimate of drug-likeness (QED) is 0.650. The van der Waals surface area contributed by atoms with Gasteiger partial charge in [0.25, 0.3) is 0 Å². The lowest BCUT2D eigenvalue weighted by molar-refractivity contribution is -0.116. The first-order valence-electron chi connectivity index (χ1n) is 10.6. The SMILES string of the molecule is CCOCCCN(C1CCN(C)CC1)S(=O)(=O)c1ccc2c(c1)CCCC(=O)N2. The summed E-state index contributed by atoms with van der Waals surface area (Å²) >= 11 is 0. The number of amides is 1. The number of nitrogens with zero attached hydrogens (tertiary/aromatic N) is 2. The first-order valence-corrected chi connectivity index (χ1v) is 12.1. The molecule has 0 aromatic heterocycles. The summed E-state index contributed by atoms with van der Waals surface area (Å²) in [4.78, 5) is 14.4. The summed E-state index contributed by atoms with van der Waals surface area (Å²) in [6, 6.07) is 5.13. The summed E-state index contributed by atoms with van der Waals surface area (Å²) in [5, 5.41) is 2.88. The first-order chi connectivity index (χ1) is 13.9. The van der Waals surface area contributed by atoms with Crippen LogP contribution >= 0.6 is 0 Å². The monoisotopic (exact) mass is 423 g/mol. The second-order valence-electron chi connectivity index (χ2n) is 7.92. The number of hydrogen-bond donors (Lipinski definition) is 1. The normalized spacial score (nSPS) is 19.1. The number of aryl methyl sites for hydroxylation is 1. The number of fused-ring (bicyclic) bond motifs is 1. The number of anilines is 1. The zero-order chi connectivity index (χ0) is 20.9. The Morgan fingerprint density at radius 2 is 2.00 bits per heavy atom. The van der Waals surface area contributed by atoms with Crippen LogP contribution in [0.25, 0.3) is 0 Å². The van der Waals surface area contributed by atoms with Gasteiger partial charge in [-0.25, -0.2) is 8.42 Å². The molecule has 0 bridgehead atoms. The van der Waals surface area contributed by atoms with Crippen molar-refractivity contribution in [3.8, 4) is 0 Å². The molecule has 1 saturated heterocycles. The summed E-state index contributed by atoms with van der Waals surface area (Å²) in [5.41, 5.74) is 1.63. The second kappa shape index (κ2) is 10.0. The van der Waals surface area contributed by atoms with Gasteiger partial charge in [-0.1, -0.05) is 0 Å². The molecule has 1 N–H and O–H groups in total. The molecular weight excluding hydrogens is 390 g/mol. The van der Waals surface area contributed by atoms with Crippen molar-refractivity contribution in [1.29, 1.82) is 0 Å². The van der Waals surface area contributed by atoms with Crippen LogP contribution in [0.5, 0.6) is 0 Å². The number of carbonyl (C=O) groups is 1. The molecule has 0 unspecified atom stereocenters. The Morgan fingerprint density at radius 1 is 1.24 bits per heavy atom. The van der Waals surface area contributed by atoms with Gasteiger partial charge < -0.3 is 15.0 Å². The van der Waals surface area contributed by atoms with Crippen molar-refractivity contribution < 1.29 is 17.9 Å². The Kier molecular flexibility index (Phi) is 7.67. The van der Waals surface area contributed by atoms with Gasteiger partial charge in [0, 0.05) is 37.9 Å². The van der Waals surface area contributed by atoms with Crippen LogP contribution in [0.15, 0.2) is 23.1 Å². The molecule has 0 atom stereocenters. The first kappa shape index (κ1) is 22.2. The van der Waals surface area contributed by atoms with Crippen LogP contribution in [0.2, 0.25) is 0 Å². The molecule has 29 heavy (non-hydrogen) atoms. The average Bonchev–Trinajstić information content (AvgIpc) is 2.88. The maximum atomic E-state index is 13.6. The van der Waals surface area contributed by atoms with E-state index in [9.17, 15) is 13.2 Å². The molecule has 2 aliphatic rings. The van der Waals surface area contributed by atoms with E-state index in [4.69, 9.17) is 4.74 Å². The number of piperidine rings is 1. The maximum Gasteiger partial charge on any atom is 0.243 e. The van der Waals surface area contributed by atoms with Gasteiger partial charge in [-0.3, -0.25) is 4.79 Å². The van der Waals surface area contributed by atoms with Gasteiger partial charge in [-0.2, -0.15) is 4.31 Å². The lowest BCUT2D eigenvalue weighted by Gasteiger charge is -2.36. The van der Waals surface area contributed by atoms with Crippen LogP contribution in [0, 0.1) is 0 Å². The Labute approximate surface area is 174 Å². The topological polar surface area (TPSA) is 79.0 Å². The number of sulfonamides is 1. The molecule has 3 rings (SSSR count). The standard InChI is InChI=1S/C21H33N3O4S/c1-3-28-15-5-12-24(18-10-13-23(2)14-11-18)29(26,27)19-8-9-20-17(16-19)6-4-7-21(25)22-20/h8-9,16,18H,3-7,10-15H2,1-2H3,(H,22,25). The van der Waals surface area contributed by atoms with Crippen molar-refractivity contribution in [2.24, 2.45) is 0 Å². The zero-order valence-electron chi connectivity index (χ0n) is 17.5. The van der Waals surface area contributed by atoms with Crippen LogP contribution in [-0.4, -0.2) is 69.5 Å². The van der Waals surface area contributed by atoms with Gasteiger partial charge in [0.15, 0.2) is 0 Å². The fourth-order valence-electron chi connectivity index (χ4n) is 4.10. The number of rotatable bonds is 8. The molecule has 0 saturated carbocycles. The molecule has 2 heterocycles. The Hall–Kier alpha value is -1.48. The van der Waals surface area contributed by atoms with E-state index in [1.165, 1.54) is 0 Å². The summed E-state index contributed by atoms with van der Waals surface area (Å²) < 4.78 is 34.3. The lowest BCUT2D eigenvalue weighted by Crippen LogP contribution is -2.47. The molecule has 1 aromatic carbocycles. The van der Waals surface area contributed by atoms with Crippen molar-refractivity contribution in [1.82, 2.24) is 9.21 Å². The van der Waals surface area contributed by atoms with Crippen LogP contribution in [0.4, 0.5) is 5.69 Å². The molecule has 1 amide bonds. The highest BCUT2D eigenvalue weighted by Gasteiger charge is 2.33. The molecule has 2 aliphatic heterocycles. The van der Waals surface area contributed by atoms with E-state index in [1.807, 2.05) is 6.92 Å². The highest BCUT2D eigenvalue weighted by Crippen LogP contribution is 2.29. The Bertz CT molecular complexity index is 804. The van der Waals surface area contributed by atoms with Crippen LogP contribution < -0.4 is 5.32 Å². The molecule has 0 aliphatic carbocycles. The Morgan fingerprint density at radius 3 is 2.72 bits per heavy atom. The van der Waals surface area contributed by atoms with E-state index >= 15 is 0 Å². The minimum absolute atomic E-state index is 0.0105. The lowest BCUT2D eigenvalue weighted by atomic mass is 10.1. The number of nitrogens with one attached hydrogen (secondary N) is 1. The molecule has 1 aromatic rings.